The molecule has 128 valence electrons. The maximum atomic E-state index is 12.5. The van der Waals surface area contributed by atoms with Crippen molar-refractivity contribution in [2.45, 2.75) is 56.7 Å². The van der Waals surface area contributed by atoms with E-state index in [2.05, 4.69) is 0 Å². The normalized spacial score (nSPS) is 21.9. The second-order valence-electron chi connectivity index (χ2n) is 6.71. The highest BCUT2D eigenvalue weighted by Gasteiger charge is 2.36. The number of carbonyl (C=O) groups excluding carboxylic acids is 1. The molecule has 1 saturated carbocycles. The van der Waals surface area contributed by atoms with Gasteiger partial charge in [-0.3, -0.25) is 4.79 Å². The highest BCUT2D eigenvalue weighted by Crippen LogP contribution is 2.27. The van der Waals surface area contributed by atoms with Crippen LogP contribution < -0.4 is 0 Å². The summed E-state index contributed by atoms with van der Waals surface area (Å²) in [4.78, 5) is 14.2. The molecule has 0 saturated heterocycles. The van der Waals surface area contributed by atoms with E-state index in [1.165, 1.54) is 11.8 Å². The van der Waals surface area contributed by atoms with Gasteiger partial charge in [0.25, 0.3) is 0 Å². The Hall–Kier alpha value is -1.36. The fourth-order valence-corrected chi connectivity index (χ4v) is 4.87. The maximum Gasteiger partial charge on any atom is 0.222 e. The molecule has 1 fully saturated rings. The van der Waals surface area contributed by atoms with Gasteiger partial charge in [0.1, 0.15) is 0 Å². The third-order valence-corrected chi connectivity index (χ3v) is 6.51. The number of hydrogen-bond donors (Lipinski definition) is 0. The Balaban J connectivity index is 1.98. The zero-order valence-electron chi connectivity index (χ0n) is 14.3. The molecule has 0 spiro atoms. The molecular formula is C18H27NO3S. The SMILES string of the molecule is Cc1ccc(CCC(=O)N(C)[C@@H]2CCCC[C@@H]2S(C)(=O)=O)cc1. The second-order valence-corrected chi connectivity index (χ2v) is 8.97. The van der Waals surface area contributed by atoms with Gasteiger partial charge in [-0.1, -0.05) is 42.7 Å². The van der Waals surface area contributed by atoms with Crippen LogP contribution >= 0.6 is 0 Å². The van der Waals surface area contributed by atoms with Gasteiger partial charge in [0, 0.05) is 25.8 Å². The quantitative estimate of drug-likeness (QED) is 0.830. The molecule has 1 aromatic carbocycles. The van der Waals surface area contributed by atoms with Crippen LogP contribution in [-0.4, -0.2) is 43.8 Å². The number of hydrogen-bond acceptors (Lipinski definition) is 3. The van der Waals surface area contributed by atoms with Gasteiger partial charge >= 0.3 is 0 Å². The third kappa shape index (κ3) is 4.80. The molecule has 5 heteroatoms. The molecule has 0 radical (unpaired) electrons. The monoisotopic (exact) mass is 337 g/mol. The van der Waals surface area contributed by atoms with E-state index < -0.39 is 15.1 Å². The third-order valence-electron chi connectivity index (χ3n) is 4.86. The van der Waals surface area contributed by atoms with Crippen LogP contribution in [0.4, 0.5) is 0 Å². The summed E-state index contributed by atoms with van der Waals surface area (Å²) >= 11 is 0. The number of nitrogens with zero attached hydrogens (tertiary/aromatic N) is 1. The van der Waals surface area contributed by atoms with Crippen LogP contribution in [0.1, 0.15) is 43.2 Å². The van der Waals surface area contributed by atoms with Crippen molar-refractivity contribution in [1.29, 1.82) is 0 Å². The summed E-state index contributed by atoms with van der Waals surface area (Å²) in [5.41, 5.74) is 2.34. The topological polar surface area (TPSA) is 54.5 Å². The first-order valence-electron chi connectivity index (χ1n) is 8.29. The molecule has 1 aliphatic carbocycles. The van der Waals surface area contributed by atoms with Gasteiger partial charge in [0.2, 0.25) is 5.91 Å². The van der Waals surface area contributed by atoms with Gasteiger partial charge in [-0.15, -0.1) is 0 Å². The zero-order valence-corrected chi connectivity index (χ0v) is 15.1. The van der Waals surface area contributed by atoms with E-state index in [0.29, 0.717) is 19.3 Å². The lowest BCUT2D eigenvalue weighted by Crippen LogP contribution is -2.49. The van der Waals surface area contributed by atoms with Crippen molar-refractivity contribution in [1.82, 2.24) is 4.90 Å². The van der Waals surface area contributed by atoms with E-state index in [1.54, 1.807) is 11.9 Å². The number of rotatable bonds is 5. The minimum absolute atomic E-state index is 0.0334. The molecule has 0 heterocycles. The van der Waals surface area contributed by atoms with Gasteiger partial charge < -0.3 is 4.90 Å². The van der Waals surface area contributed by atoms with Crippen molar-refractivity contribution in [3.8, 4) is 0 Å². The summed E-state index contributed by atoms with van der Waals surface area (Å²) in [6, 6.07) is 8.00. The molecule has 2 rings (SSSR count). The lowest BCUT2D eigenvalue weighted by molar-refractivity contribution is -0.132. The fourth-order valence-electron chi connectivity index (χ4n) is 3.39. The molecule has 0 aromatic heterocycles. The molecule has 0 bridgehead atoms. The predicted octanol–water partition coefficient (Wildman–Crippen LogP) is 2.74. The first kappa shape index (κ1) is 18.0. The van der Waals surface area contributed by atoms with Crippen molar-refractivity contribution in [2.75, 3.05) is 13.3 Å². The molecule has 4 nitrogen and oxygen atoms in total. The Labute approximate surface area is 139 Å². The second kappa shape index (κ2) is 7.47. The Morgan fingerprint density at radius 2 is 1.78 bits per heavy atom. The van der Waals surface area contributed by atoms with Gasteiger partial charge in [-0.05, 0) is 31.7 Å². The standard InChI is InChI=1S/C18H27NO3S/c1-14-8-10-15(11-9-14)12-13-18(20)19(2)16-6-4-5-7-17(16)23(3,21)22/h8-11,16-17H,4-7,12-13H2,1-3H3/t16-,17+/m1/s1. The number of benzene rings is 1. The van der Waals surface area contributed by atoms with Crippen molar-refractivity contribution < 1.29 is 13.2 Å². The maximum absolute atomic E-state index is 12.5. The van der Waals surface area contributed by atoms with E-state index >= 15 is 0 Å². The van der Waals surface area contributed by atoms with Gasteiger partial charge in [0.15, 0.2) is 9.84 Å². The van der Waals surface area contributed by atoms with Crippen LogP contribution in [0, 0.1) is 6.92 Å². The van der Waals surface area contributed by atoms with Crippen molar-refractivity contribution in [2.24, 2.45) is 0 Å². The predicted molar refractivity (Wildman–Crippen MR) is 93.2 cm³/mol. The number of amides is 1. The Bertz CT molecular complexity index is 637. The Morgan fingerprint density at radius 1 is 1.17 bits per heavy atom. The van der Waals surface area contributed by atoms with Crippen LogP contribution in [0.2, 0.25) is 0 Å². The van der Waals surface area contributed by atoms with E-state index in [1.807, 2.05) is 31.2 Å². The van der Waals surface area contributed by atoms with Crippen LogP contribution in [0.5, 0.6) is 0 Å². The lowest BCUT2D eigenvalue weighted by Gasteiger charge is -2.37. The first-order chi connectivity index (χ1) is 10.8. The highest BCUT2D eigenvalue weighted by atomic mass is 32.2. The minimum Gasteiger partial charge on any atom is -0.341 e. The Kier molecular flexibility index (Phi) is 5.84. The fraction of sp³-hybridized carbons (Fsp3) is 0.611. The molecule has 1 amide bonds. The zero-order chi connectivity index (χ0) is 17.0. The van der Waals surface area contributed by atoms with Crippen LogP contribution in [0.3, 0.4) is 0 Å². The van der Waals surface area contributed by atoms with E-state index in [4.69, 9.17) is 0 Å². The highest BCUT2D eigenvalue weighted by molar-refractivity contribution is 7.91. The first-order valence-corrected chi connectivity index (χ1v) is 10.2. The summed E-state index contributed by atoms with van der Waals surface area (Å²) in [6.45, 7) is 2.04. The summed E-state index contributed by atoms with van der Waals surface area (Å²) in [5.74, 6) is 0.0334. The summed E-state index contributed by atoms with van der Waals surface area (Å²) in [6.07, 6.45) is 5.78. The largest absolute Gasteiger partial charge is 0.341 e. The molecule has 23 heavy (non-hydrogen) atoms. The van der Waals surface area contributed by atoms with E-state index in [0.717, 1.165) is 24.8 Å². The molecule has 0 N–H and O–H groups in total. The molecule has 1 aliphatic rings. The smallest absolute Gasteiger partial charge is 0.222 e. The van der Waals surface area contributed by atoms with Crippen LogP contribution in [0.15, 0.2) is 24.3 Å². The summed E-state index contributed by atoms with van der Waals surface area (Å²) < 4.78 is 24.0. The molecular weight excluding hydrogens is 310 g/mol. The van der Waals surface area contributed by atoms with Crippen LogP contribution in [0.25, 0.3) is 0 Å². The molecule has 0 aliphatic heterocycles. The van der Waals surface area contributed by atoms with Gasteiger partial charge in [-0.25, -0.2) is 8.42 Å². The lowest BCUT2D eigenvalue weighted by atomic mass is 9.93. The summed E-state index contributed by atoms with van der Waals surface area (Å²) in [5, 5.41) is -0.412. The van der Waals surface area contributed by atoms with Crippen LogP contribution in [-0.2, 0) is 21.1 Å². The minimum atomic E-state index is -3.12. The van der Waals surface area contributed by atoms with E-state index in [-0.39, 0.29) is 11.9 Å². The van der Waals surface area contributed by atoms with Crippen molar-refractivity contribution in [3.63, 3.8) is 0 Å². The Morgan fingerprint density at radius 3 is 2.39 bits per heavy atom. The average Bonchev–Trinajstić information content (AvgIpc) is 2.52. The number of carbonyl (C=O) groups is 1. The number of sulfone groups is 1. The van der Waals surface area contributed by atoms with Gasteiger partial charge in [0.05, 0.1) is 5.25 Å². The average molecular weight is 337 g/mol. The van der Waals surface area contributed by atoms with Crippen molar-refractivity contribution in [3.05, 3.63) is 35.4 Å². The molecule has 1 aromatic rings. The number of aryl methyl sites for hydroxylation is 2. The molecule has 0 unspecified atom stereocenters. The van der Waals surface area contributed by atoms with E-state index in [9.17, 15) is 13.2 Å². The van der Waals surface area contributed by atoms with Crippen molar-refractivity contribution >= 4 is 15.7 Å². The molecule has 2 atom stereocenters. The van der Waals surface area contributed by atoms with Gasteiger partial charge in [-0.2, -0.15) is 0 Å². The summed E-state index contributed by atoms with van der Waals surface area (Å²) in [7, 11) is -1.36.